The van der Waals surface area contributed by atoms with Crippen LogP contribution < -0.4 is 5.56 Å². The SMILES string of the molecule is Cc1cccn2c(=O)c3cc(C(=O)N(C)C4CCCCC4)sc3nc12. The molecule has 1 aliphatic rings. The van der Waals surface area contributed by atoms with E-state index in [0.717, 1.165) is 18.4 Å². The van der Waals surface area contributed by atoms with Crippen molar-refractivity contribution in [1.82, 2.24) is 14.3 Å². The average molecular weight is 355 g/mol. The van der Waals surface area contributed by atoms with Crippen molar-refractivity contribution in [3.63, 3.8) is 0 Å². The van der Waals surface area contributed by atoms with Crippen LogP contribution in [0.5, 0.6) is 0 Å². The van der Waals surface area contributed by atoms with E-state index in [-0.39, 0.29) is 11.5 Å². The normalized spacial score (nSPS) is 15.8. The second kappa shape index (κ2) is 6.26. The second-order valence-electron chi connectivity index (χ2n) is 6.84. The number of carbonyl (C=O) groups is 1. The van der Waals surface area contributed by atoms with Crippen LogP contribution in [-0.2, 0) is 0 Å². The maximum atomic E-state index is 12.9. The number of hydrogen-bond donors (Lipinski definition) is 0. The van der Waals surface area contributed by atoms with Crippen molar-refractivity contribution in [2.75, 3.05) is 7.05 Å². The minimum Gasteiger partial charge on any atom is -0.338 e. The van der Waals surface area contributed by atoms with Gasteiger partial charge in [0.1, 0.15) is 10.5 Å². The summed E-state index contributed by atoms with van der Waals surface area (Å²) in [5.74, 6) is 0.0000723. The van der Waals surface area contributed by atoms with Crippen LogP contribution in [-0.4, -0.2) is 33.3 Å². The van der Waals surface area contributed by atoms with Crippen molar-refractivity contribution in [2.45, 2.75) is 45.1 Å². The summed E-state index contributed by atoms with van der Waals surface area (Å²) in [4.78, 5) is 33.4. The number of rotatable bonds is 2. The lowest BCUT2D eigenvalue weighted by molar-refractivity contribution is 0.0701. The Balaban J connectivity index is 1.77. The molecular formula is C19H21N3O2S. The maximum Gasteiger partial charge on any atom is 0.266 e. The summed E-state index contributed by atoms with van der Waals surface area (Å²) in [5.41, 5.74) is 1.49. The predicted octanol–water partition coefficient (Wildman–Crippen LogP) is 3.62. The molecule has 1 amide bonds. The summed E-state index contributed by atoms with van der Waals surface area (Å²) >= 11 is 1.32. The third-order valence-electron chi connectivity index (χ3n) is 5.18. The Hall–Kier alpha value is -2.21. The largest absolute Gasteiger partial charge is 0.338 e. The van der Waals surface area contributed by atoms with E-state index in [1.54, 1.807) is 16.7 Å². The molecule has 1 saturated carbocycles. The molecule has 0 bridgehead atoms. The van der Waals surface area contributed by atoms with Gasteiger partial charge in [0, 0.05) is 19.3 Å². The number of nitrogens with zero attached hydrogens (tertiary/aromatic N) is 3. The van der Waals surface area contributed by atoms with Gasteiger partial charge in [-0.05, 0) is 37.5 Å². The van der Waals surface area contributed by atoms with Gasteiger partial charge in [0.05, 0.1) is 10.3 Å². The number of thiophene rings is 1. The molecule has 6 heteroatoms. The highest BCUT2D eigenvalue weighted by atomic mass is 32.1. The van der Waals surface area contributed by atoms with Gasteiger partial charge in [-0.3, -0.25) is 14.0 Å². The molecule has 3 aromatic heterocycles. The fraction of sp³-hybridized carbons (Fsp3) is 0.421. The van der Waals surface area contributed by atoms with Crippen molar-refractivity contribution in [1.29, 1.82) is 0 Å². The Morgan fingerprint density at radius 2 is 2.08 bits per heavy atom. The van der Waals surface area contributed by atoms with Gasteiger partial charge in [0.15, 0.2) is 0 Å². The zero-order valence-corrected chi connectivity index (χ0v) is 15.3. The molecule has 0 aromatic carbocycles. The molecule has 5 nitrogen and oxygen atoms in total. The van der Waals surface area contributed by atoms with E-state index in [2.05, 4.69) is 4.98 Å². The van der Waals surface area contributed by atoms with E-state index < -0.39 is 0 Å². The lowest BCUT2D eigenvalue weighted by Crippen LogP contribution is -2.37. The van der Waals surface area contributed by atoms with Crippen molar-refractivity contribution in [3.05, 3.63) is 45.2 Å². The van der Waals surface area contributed by atoms with E-state index in [1.807, 2.05) is 31.0 Å². The van der Waals surface area contributed by atoms with Gasteiger partial charge in [0.25, 0.3) is 11.5 Å². The van der Waals surface area contributed by atoms with Gasteiger partial charge in [-0.15, -0.1) is 11.3 Å². The maximum absolute atomic E-state index is 12.9. The number of hydrogen-bond acceptors (Lipinski definition) is 4. The molecule has 130 valence electrons. The third kappa shape index (κ3) is 2.74. The van der Waals surface area contributed by atoms with Crippen LogP contribution in [0, 0.1) is 6.92 Å². The van der Waals surface area contributed by atoms with Gasteiger partial charge in [0.2, 0.25) is 0 Å². The molecular weight excluding hydrogens is 334 g/mol. The van der Waals surface area contributed by atoms with E-state index >= 15 is 0 Å². The number of carbonyl (C=O) groups excluding carboxylic acids is 1. The first-order valence-electron chi connectivity index (χ1n) is 8.75. The molecule has 1 fully saturated rings. The number of aromatic nitrogens is 2. The summed E-state index contributed by atoms with van der Waals surface area (Å²) in [7, 11) is 1.88. The molecule has 4 rings (SSSR count). The third-order valence-corrected chi connectivity index (χ3v) is 6.20. The molecule has 0 saturated heterocycles. The molecule has 0 aliphatic heterocycles. The summed E-state index contributed by atoms with van der Waals surface area (Å²) in [6, 6.07) is 5.80. The van der Waals surface area contributed by atoms with Crippen molar-refractivity contribution < 1.29 is 4.79 Å². The molecule has 3 heterocycles. The van der Waals surface area contributed by atoms with Gasteiger partial charge in [-0.1, -0.05) is 25.3 Å². The molecule has 0 N–H and O–H groups in total. The molecule has 3 aromatic rings. The van der Waals surface area contributed by atoms with Crippen LogP contribution >= 0.6 is 11.3 Å². The number of amides is 1. The lowest BCUT2D eigenvalue weighted by atomic mass is 9.94. The quantitative estimate of drug-likeness (QED) is 0.705. The molecule has 0 spiro atoms. The summed E-state index contributed by atoms with van der Waals surface area (Å²) in [6.45, 7) is 1.93. The van der Waals surface area contributed by atoms with Gasteiger partial charge >= 0.3 is 0 Å². The molecule has 0 radical (unpaired) electrons. The molecule has 25 heavy (non-hydrogen) atoms. The van der Waals surface area contributed by atoms with Gasteiger partial charge < -0.3 is 4.90 Å². The van der Waals surface area contributed by atoms with Crippen LogP contribution in [0.1, 0.15) is 47.3 Å². The van der Waals surface area contributed by atoms with Crippen LogP contribution in [0.4, 0.5) is 0 Å². The molecule has 1 aliphatic carbocycles. The molecule has 0 unspecified atom stereocenters. The standard InChI is InChI=1S/C19H21N3O2S/c1-12-7-6-10-22-16(12)20-17-14(18(22)23)11-15(25-17)19(24)21(2)13-8-4-3-5-9-13/h6-7,10-11,13H,3-5,8-9H2,1-2H3. The number of pyridine rings is 1. The van der Waals surface area contributed by atoms with Gasteiger partial charge in [-0.2, -0.15) is 0 Å². The van der Waals surface area contributed by atoms with Crippen LogP contribution in [0.15, 0.2) is 29.2 Å². The van der Waals surface area contributed by atoms with Crippen molar-refractivity contribution in [3.8, 4) is 0 Å². The van der Waals surface area contributed by atoms with Gasteiger partial charge in [-0.25, -0.2) is 4.98 Å². The number of aryl methyl sites for hydroxylation is 1. The fourth-order valence-corrected chi connectivity index (χ4v) is 4.68. The summed E-state index contributed by atoms with van der Waals surface area (Å²) in [5, 5.41) is 0.522. The zero-order valence-electron chi connectivity index (χ0n) is 14.5. The minimum atomic E-state index is -0.112. The average Bonchev–Trinajstić information content (AvgIpc) is 3.07. The van der Waals surface area contributed by atoms with Crippen LogP contribution in [0.25, 0.3) is 15.9 Å². The first-order valence-corrected chi connectivity index (χ1v) is 9.56. The van der Waals surface area contributed by atoms with E-state index in [0.29, 0.717) is 26.8 Å². The highest BCUT2D eigenvalue weighted by molar-refractivity contribution is 7.20. The highest BCUT2D eigenvalue weighted by Crippen LogP contribution is 2.27. The van der Waals surface area contributed by atoms with Crippen molar-refractivity contribution >= 4 is 33.1 Å². The molecule has 0 atom stereocenters. The Labute approximate surface area is 149 Å². The first kappa shape index (κ1) is 16.3. The second-order valence-corrected chi connectivity index (χ2v) is 7.87. The summed E-state index contributed by atoms with van der Waals surface area (Å²) in [6.07, 6.45) is 7.48. The van der Waals surface area contributed by atoms with E-state index in [1.165, 1.54) is 30.6 Å². The smallest absolute Gasteiger partial charge is 0.266 e. The van der Waals surface area contributed by atoms with E-state index in [9.17, 15) is 9.59 Å². The highest BCUT2D eigenvalue weighted by Gasteiger charge is 2.25. The first-order chi connectivity index (χ1) is 12.1. The fourth-order valence-electron chi connectivity index (χ4n) is 3.67. The Morgan fingerprint density at radius 3 is 2.84 bits per heavy atom. The van der Waals surface area contributed by atoms with Crippen molar-refractivity contribution in [2.24, 2.45) is 0 Å². The predicted molar refractivity (Wildman–Crippen MR) is 101 cm³/mol. The Kier molecular flexibility index (Phi) is 4.07. The minimum absolute atomic E-state index is 0.0000723. The monoisotopic (exact) mass is 355 g/mol. The van der Waals surface area contributed by atoms with Crippen LogP contribution in [0.2, 0.25) is 0 Å². The lowest BCUT2D eigenvalue weighted by Gasteiger charge is -2.30. The van der Waals surface area contributed by atoms with Crippen LogP contribution in [0.3, 0.4) is 0 Å². The van der Waals surface area contributed by atoms with E-state index in [4.69, 9.17) is 0 Å². The number of fused-ring (bicyclic) bond motifs is 2. The Bertz CT molecular complexity index is 1010. The summed E-state index contributed by atoms with van der Waals surface area (Å²) < 4.78 is 1.56. The zero-order chi connectivity index (χ0) is 17.6. The topological polar surface area (TPSA) is 54.7 Å². The Morgan fingerprint density at radius 1 is 1.32 bits per heavy atom.